The van der Waals surface area contributed by atoms with E-state index in [9.17, 15) is 22.8 Å². The first kappa shape index (κ1) is 33.6. The second-order valence-electron chi connectivity index (χ2n) is 10.3. The number of esters is 1. The molecule has 14 heteroatoms. The standard InChI is InChI=1S/C32H36N6O7S/c1-4-44-29(39)16-17-38(25-8-6-5-7-9-25)31(40)23-12-15-27-26(20-23)35-28(37(27)2)21-34-24-13-10-22(11-14-24)30(33)36-32(41)45-18-19-46(3,42)43/h5-15,20,34H,4,16-19,21H2,1-3H3,(H2,33,36,41). The number of imidazole rings is 1. The van der Waals surface area contributed by atoms with Crippen molar-refractivity contribution in [2.45, 2.75) is 19.9 Å². The monoisotopic (exact) mass is 648 g/mol. The highest BCUT2D eigenvalue weighted by molar-refractivity contribution is 7.90. The Labute approximate surface area is 266 Å². The quantitative estimate of drug-likeness (QED) is 0.124. The van der Waals surface area contributed by atoms with Crippen LogP contribution in [0.25, 0.3) is 11.0 Å². The summed E-state index contributed by atoms with van der Waals surface area (Å²) in [6.07, 6.45) is 0.137. The summed E-state index contributed by atoms with van der Waals surface area (Å²) in [5, 5.41) is 3.29. The van der Waals surface area contributed by atoms with Crippen molar-refractivity contribution in [3.63, 3.8) is 0 Å². The van der Waals surface area contributed by atoms with E-state index in [0.717, 1.165) is 23.3 Å². The van der Waals surface area contributed by atoms with Gasteiger partial charge in [-0.25, -0.2) is 18.2 Å². The number of anilines is 2. The number of carbonyl (C=O) groups is 3. The fourth-order valence-electron chi connectivity index (χ4n) is 4.50. The molecule has 0 radical (unpaired) electrons. The smallest absolute Gasteiger partial charge is 0.435 e. The van der Waals surface area contributed by atoms with Gasteiger partial charge in [-0.15, -0.1) is 0 Å². The molecular weight excluding hydrogens is 612 g/mol. The van der Waals surface area contributed by atoms with E-state index in [1.807, 2.05) is 48.0 Å². The number of ether oxygens (including phenoxy) is 2. The van der Waals surface area contributed by atoms with Gasteiger partial charge < -0.3 is 30.0 Å². The number of benzene rings is 3. The molecule has 3 aromatic carbocycles. The zero-order valence-corrected chi connectivity index (χ0v) is 26.6. The number of aryl methyl sites for hydroxylation is 1. The number of rotatable bonds is 13. The van der Waals surface area contributed by atoms with Gasteiger partial charge in [0, 0.05) is 42.3 Å². The Morgan fingerprint density at radius 3 is 2.37 bits per heavy atom. The number of aliphatic imine (C=N–C) groups is 1. The molecule has 0 atom stereocenters. The number of fused-ring (bicyclic) bond motifs is 1. The van der Waals surface area contributed by atoms with Crippen molar-refractivity contribution in [1.82, 2.24) is 9.55 Å². The minimum Gasteiger partial charge on any atom is -0.466 e. The number of amidine groups is 1. The summed E-state index contributed by atoms with van der Waals surface area (Å²) in [4.78, 5) is 47.5. The highest BCUT2D eigenvalue weighted by Gasteiger charge is 2.21. The topological polar surface area (TPSA) is 175 Å². The third-order valence-corrected chi connectivity index (χ3v) is 7.81. The lowest BCUT2D eigenvalue weighted by Gasteiger charge is -2.22. The Bertz CT molecular complexity index is 1840. The fourth-order valence-corrected chi connectivity index (χ4v) is 4.89. The molecule has 4 aromatic rings. The van der Waals surface area contributed by atoms with Crippen molar-refractivity contribution in [2.24, 2.45) is 17.8 Å². The molecule has 0 saturated heterocycles. The molecule has 3 N–H and O–H groups in total. The number of amides is 2. The molecule has 2 amide bonds. The first-order valence-electron chi connectivity index (χ1n) is 14.5. The molecule has 1 heterocycles. The summed E-state index contributed by atoms with van der Waals surface area (Å²) in [5.41, 5.74) is 9.75. The lowest BCUT2D eigenvalue weighted by Crippen LogP contribution is -2.33. The molecule has 0 spiro atoms. The Morgan fingerprint density at radius 1 is 1.00 bits per heavy atom. The second kappa shape index (κ2) is 15.2. The summed E-state index contributed by atoms with van der Waals surface area (Å²) in [7, 11) is -1.38. The van der Waals surface area contributed by atoms with Crippen molar-refractivity contribution in [2.75, 3.05) is 42.0 Å². The first-order chi connectivity index (χ1) is 21.9. The average molecular weight is 649 g/mol. The minimum atomic E-state index is -3.26. The highest BCUT2D eigenvalue weighted by atomic mass is 32.2. The van der Waals surface area contributed by atoms with Gasteiger partial charge >= 0.3 is 12.1 Å². The van der Waals surface area contributed by atoms with E-state index in [-0.39, 0.29) is 49.6 Å². The number of hydrogen-bond donors (Lipinski definition) is 2. The molecule has 0 aliphatic rings. The maximum atomic E-state index is 13.6. The molecule has 0 bridgehead atoms. The Hall–Kier alpha value is -5.24. The van der Waals surface area contributed by atoms with Gasteiger partial charge in [0.2, 0.25) is 0 Å². The zero-order valence-electron chi connectivity index (χ0n) is 25.8. The van der Waals surface area contributed by atoms with E-state index >= 15 is 0 Å². The van der Waals surface area contributed by atoms with Gasteiger partial charge in [0.1, 0.15) is 18.3 Å². The van der Waals surface area contributed by atoms with Crippen molar-refractivity contribution >= 4 is 56.1 Å². The summed E-state index contributed by atoms with van der Waals surface area (Å²) < 4.78 is 34.1. The van der Waals surface area contributed by atoms with Gasteiger partial charge in [-0.1, -0.05) is 18.2 Å². The molecule has 0 aliphatic heterocycles. The molecule has 1 aromatic heterocycles. The number of carbonyl (C=O) groups excluding carboxylic acids is 3. The number of hydrogen-bond acceptors (Lipinski definition) is 9. The van der Waals surface area contributed by atoms with Crippen LogP contribution in [0.5, 0.6) is 0 Å². The van der Waals surface area contributed by atoms with Gasteiger partial charge in [0.15, 0.2) is 9.84 Å². The number of nitrogens with two attached hydrogens (primary N) is 1. The molecule has 4 rings (SSSR count). The molecular formula is C32H36N6O7S. The van der Waals surface area contributed by atoms with Crippen molar-refractivity contribution in [1.29, 1.82) is 0 Å². The van der Waals surface area contributed by atoms with Crippen LogP contribution in [0, 0.1) is 0 Å². The summed E-state index contributed by atoms with van der Waals surface area (Å²) in [6, 6.07) is 21.4. The third kappa shape index (κ3) is 9.14. The Kier molecular flexibility index (Phi) is 11.1. The Balaban J connectivity index is 1.43. The summed E-state index contributed by atoms with van der Waals surface area (Å²) >= 11 is 0. The minimum absolute atomic E-state index is 0.0658. The lowest BCUT2D eigenvalue weighted by atomic mass is 10.1. The predicted molar refractivity (Wildman–Crippen MR) is 176 cm³/mol. The van der Waals surface area contributed by atoms with Crippen LogP contribution in [0.1, 0.15) is 35.1 Å². The van der Waals surface area contributed by atoms with E-state index < -0.39 is 15.9 Å². The maximum Gasteiger partial charge on any atom is 0.435 e. The fraction of sp³-hybridized carbons (Fsp3) is 0.281. The number of para-hydroxylation sites is 1. The molecule has 242 valence electrons. The molecule has 0 unspecified atom stereocenters. The largest absolute Gasteiger partial charge is 0.466 e. The second-order valence-corrected chi connectivity index (χ2v) is 12.6. The van der Waals surface area contributed by atoms with E-state index in [0.29, 0.717) is 28.9 Å². The number of aromatic nitrogens is 2. The maximum absolute atomic E-state index is 13.6. The van der Waals surface area contributed by atoms with E-state index in [1.54, 1.807) is 48.2 Å². The van der Waals surface area contributed by atoms with E-state index in [4.69, 9.17) is 20.2 Å². The van der Waals surface area contributed by atoms with Gasteiger partial charge in [0.05, 0.1) is 36.4 Å². The third-order valence-electron chi connectivity index (χ3n) is 6.90. The number of nitrogens with one attached hydrogen (secondary N) is 1. The highest BCUT2D eigenvalue weighted by Crippen LogP contribution is 2.22. The summed E-state index contributed by atoms with van der Waals surface area (Å²) in [6.45, 7) is 2.25. The van der Waals surface area contributed by atoms with E-state index in [2.05, 4.69) is 10.3 Å². The first-order valence-corrected chi connectivity index (χ1v) is 16.5. The normalized spacial score (nSPS) is 11.7. The predicted octanol–water partition coefficient (Wildman–Crippen LogP) is 3.67. The van der Waals surface area contributed by atoms with Gasteiger partial charge in [-0.2, -0.15) is 4.99 Å². The van der Waals surface area contributed by atoms with Crippen LogP contribution in [0.15, 0.2) is 77.8 Å². The molecule has 13 nitrogen and oxygen atoms in total. The molecule has 0 saturated carbocycles. The number of nitrogens with zero attached hydrogens (tertiary/aromatic N) is 4. The van der Waals surface area contributed by atoms with Crippen LogP contribution in [-0.4, -0.2) is 73.5 Å². The van der Waals surface area contributed by atoms with Crippen molar-refractivity contribution in [3.05, 3.63) is 89.7 Å². The van der Waals surface area contributed by atoms with Crippen LogP contribution in [0.3, 0.4) is 0 Å². The average Bonchev–Trinajstić information content (AvgIpc) is 3.34. The van der Waals surface area contributed by atoms with Crippen LogP contribution in [0.2, 0.25) is 0 Å². The number of sulfone groups is 1. The van der Waals surface area contributed by atoms with Crippen LogP contribution in [-0.2, 0) is 37.7 Å². The SMILES string of the molecule is CCOC(=O)CCN(C(=O)c1ccc2c(c1)nc(CNc1ccc(/C(N)=N\C(=O)OCCS(C)(=O)=O)cc1)n2C)c1ccccc1. The van der Waals surface area contributed by atoms with Crippen LogP contribution < -0.4 is 16.0 Å². The van der Waals surface area contributed by atoms with Crippen molar-refractivity contribution < 1.29 is 32.3 Å². The van der Waals surface area contributed by atoms with Crippen LogP contribution >= 0.6 is 0 Å². The molecule has 0 fully saturated rings. The zero-order chi connectivity index (χ0) is 33.3. The van der Waals surface area contributed by atoms with E-state index in [1.165, 1.54) is 0 Å². The molecule has 0 aliphatic carbocycles. The Morgan fingerprint density at radius 2 is 1.70 bits per heavy atom. The summed E-state index contributed by atoms with van der Waals surface area (Å²) in [5.74, 6) is -0.270. The van der Waals surface area contributed by atoms with Gasteiger partial charge in [-0.3, -0.25) is 9.59 Å². The van der Waals surface area contributed by atoms with Crippen molar-refractivity contribution in [3.8, 4) is 0 Å². The van der Waals surface area contributed by atoms with Crippen LogP contribution in [0.4, 0.5) is 16.2 Å². The molecule has 46 heavy (non-hydrogen) atoms. The van der Waals surface area contributed by atoms with Gasteiger partial charge in [0.25, 0.3) is 5.91 Å². The lowest BCUT2D eigenvalue weighted by molar-refractivity contribution is -0.142. The van der Waals surface area contributed by atoms with Gasteiger partial charge in [-0.05, 0) is 61.5 Å².